The van der Waals surface area contributed by atoms with Crippen molar-refractivity contribution in [3.63, 3.8) is 0 Å². The summed E-state index contributed by atoms with van der Waals surface area (Å²) in [7, 11) is 3.20. The summed E-state index contributed by atoms with van der Waals surface area (Å²) in [5, 5.41) is 27.5. The third kappa shape index (κ3) is 11.4. The molecule has 5 N–H and O–H groups in total. The molecule has 4 rings (SSSR count). The highest BCUT2D eigenvalue weighted by atomic mass is 19.4. The quantitative estimate of drug-likeness (QED) is 0.109. The number of likely N-dealkylation sites (tertiary alicyclic amines) is 1. The Kier molecular flexibility index (Phi) is 13.8. The van der Waals surface area contributed by atoms with Gasteiger partial charge in [-0.3, -0.25) is 14.4 Å². The number of pyridine rings is 1. The predicted octanol–water partition coefficient (Wildman–Crippen LogP) is 3.59. The van der Waals surface area contributed by atoms with Gasteiger partial charge in [0.05, 0.1) is 18.7 Å². The van der Waals surface area contributed by atoms with E-state index in [1.165, 1.54) is 19.2 Å². The number of carbonyl (C=O) groups is 3. The number of nitrogens with zero attached hydrogens (tertiary/aromatic N) is 2. The average Bonchev–Trinajstić information content (AvgIpc) is 3.09. The number of phenols is 1. The van der Waals surface area contributed by atoms with Gasteiger partial charge in [0.2, 0.25) is 17.4 Å². The molecular weight excluding hydrogens is 675 g/mol. The summed E-state index contributed by atoms with van der Waals surface area (Å²) in [5.41, 5.74) is 1.79. The van der Waals surface area contributed by atoms with Gasteiger partial charge in [0.1, 0.15) is 17.6 Å². The smallest absolute Gasteiger partial charge is 0.490 e. The molecule has 0 radical (unpaired) electrons. The Morgan fingerprint density at radius 2 is 1.82 bits per heavy atom. The first kappa shape index (κ1) is 39.1. The van der Waals surface area contributed by atoms with Crippen LogP contribution in [0, 0.1) is 0 Å². The molecule has 0 bridgehead atoms. The largest absolute Gasteiger partial charge is 0.506 e. The first-order valence-corrected chi connectivity index (χ1v) is 16.7. The Morgan fingerprint density at radius 3 is 2.53 bits per heavy atom. The van der Waals surface area contributed by atoms with Gasteiger partial charge in [-0.15, -0.1) is 0 Å². The number of piperidine rings is 1. The number of hydrogen-bond donors (Lipinski definition) is 5. The molecule has 1 aliphatic rings. The summed E-state index contributed by atoms with van der Waals surface area (Å²) in [5.74, 6) is -1.99. The highest BCUT2D eigenvalue weighted by Gasteiger charge is 2.42. The third-order valence-electron chi connectivity index (χ3n) is 8.74. The second-order valence-corrected chi connectivity index (χ2v) is 12.5. The van der Waals surface area contributed by atoms with Crippen molar-refractivity contribution in [3.8, 4) is 11.5 Å². The highest BCUT2D eigenvalue weighted by Crippen LogP contribution is 2.29. The van der Waals surface area contributed by atoms with E-state index in [1.54, 1.807) is 42.3 Å². The van der Waals surface area contributed by atoms with Crippen LogP contribution in [-0.4, -0.2) is 102 Å². The van der Waals surface area contributed by atoms with E-state index in [4.69, 9.17) is 4.74 Å². The van der Waals surface area contributed by atoms with Crippen LogP contribution in [0.4, 0.5) is 18.9 Å². The van der Waals surface area contributed by atoms with Crippen molar-refractivity contribution in [1.82, 2.24) is 20.1 Å². The van der Waals surface area contributed by atoms with Crippen molar-refractivity contribution in [2.75, 3.05) is 52.2 Å². The van der Waals surface area contributed by atoms with Crippen LogP contribution in [0.2, 0.25) is 0 Å². The lowest BCUT2D eigenvalue weighted by Crippen LogP contribution is -2.41. The van der Waals surface area contributed by atoms with Gasteiger partial charge in [0.15, 0.2) is 0 Å². The lowest BCUT2D eigenvalue weighted by atomic mass is 10.0. The summed E-state index contributed by atoms with van der Waals surface area (Å²) in [6.07, 6.45) is -4.49. The van der Waals surface area contributed by atoms with Gasteiger partial charge in [-0.1, -0.05) is 12.1 Å². The van der Waals surface area contributed by atoms with Crippen LogP contribution < -0.4 is 20.9 Å². The number of aromatic hydroxyl groups is 1. The van der Waals surface area contributed by atoms with Crippen molar-refractivity contribution < 1.29 is 47.2 Å². The second kappa shape index (κ2) is 18.0. The number of H-pyrrole nitrogens is 1. The number of carbonyl (C=O) groups excluding carboxylic acids is 3. The molecule has 2 aromatic carbocycles. The summed E-state index contributed by atoms with van der Waals surface area (Å²) in [4.78, 5) is 54.0. The van der Waals surface area contributed by atoms with Gasteiger partial charge in [-0.2, -0.15) is 13.2 Å². The summed E-state index contributed by atoms with van der Waals surface area (Å²) in [6, 6.07) is 11.2. The maximum Gasteiger partial charge on any atom is 0.490 e. The molecule has 0 aliphatic carbocycles. The van der Waals surface area contributed by atoms with Crippen LogP contribution in [0.25, 0.3) is 10.9 Å². The Hall–Kier alpha value is -4.67. The molecular formula is C35H44F3N5O8. The SMILES string of the molecule is COc1cc(NC(=O)CCCCN(C)C(=O)CCN2CCC(OC(=O)C(F)(F)F)CC2)ccc1CNC[C@H](O)c1ccc(O)c2[nH]c(=O)ccc12. The van der Waals surface area contributed by atoms with Crippen LogP contribution in [0.5, 0.6) is 11.5 Å². The molecule has 1 aromatic heterocycles. The van der Waals surface area contributed by atoms with Crippen LogP contribution in [-0.2, 0) is 25.7 Å². The molecule has 278 valence electrons. The maximum absolute atomic E-state index is 12.6. The average molecular weight is 720 g/mol. The first-order valence-electron chi connectivity index (χ1n) is 16.7. The number of esters is 1. The first-order chi connectivity index (χ1) is 24.2. The molecule has 3 aromatic rings. The van der Waals surface area contributed by atoms with E-state index in [0.717, 1.165) is 5.56 Å². The fourth-order valence-corrected chi connectivity index (χ4v) is 5.87. The molecule has 0 unspecified atom stereocenters. The minimum absolute atomic E-state index is 0.0762. The number of unbranched alkanes of at least 4 members (excludes halogenated alkanes) is 1. The summed E-state index contributed by atoms with van der Waals surface area (Å²) in [6.45, 7) is 2.32. The van der Waals surface area contributed by atoms with Crippen LogP contribution in [0.1, 0.15) is 55.8 Å². The minimum atomic E-state index is -5.01. The lowest BCUT2D eigenvalue weighted by Gasteiger charge is -2.31. The number of hydrogen-bond acceptors (Lipinski definition) is 10. The number of methoxy groups -OCH3 is 1. The van der Waals surface area contributed by atoms with Crippen molar-refractivity contribution >= 4 is 34.4 Å². The molecule has 13 nitrogen and oxygen atoms in total. The minimum Gasteiger partial charge on any atom is -0.506 e. The molecule has 0 spiro atoms. The van der Waals surface area contributed by atoms with Gasteiger partial charge in [0, 0.05) is 87.9 Å². The molecule has 1 aliphatic heterocycles. The number of ether oxygens (including phenoxy) is 2. The monoisotopic (exact) mass is 719 g/mol. The van der Waals surface area contributed by atoms with E-state index in [-0.39, 0.29) is 60.9 Å². The van der Waals surface area contributed by atoms with Gasteiger partial charge < -0.3 is 45.1 Å². The number of aliphatic hydroxyl groups excluding tert-OH is 1. The predicted molar refractivity (Wildman–Crippen MR) is 182 cm³/mol. The van der Waals surface area contributed by atoms with E-state index in [1.807, 2.05) is 4.90 Å². The van der Waals surface area contributed by atoms with Gasteiger partial charge in [0.25, 0.3) is 0 Å². The van der Waals surface area contributed by atoms with Crippen LogP contribution >= 0.6 is 0 Å². The zero-order chi connectivity index (χ0) is 37.1. The number of anilines is 1. The normalized spacial score (nSPS) is 14.6. The third-order valence-corrected chi connectivity index (χ3v) is 8.74. The zero-order valence-electron chi connectivity index (χ0n) is 28.6. The molecule has 2 amide bonds. The number of aliphatic hydroxyl groups is 1. The van der Waals surface area contributed by atoms with Gasteiger partial charge in [-0.05, 0) is 49.4 Å². The molecule has 2 heterocycles. The molecule has 51 heavy (non-hydrogen) atoms. The highest BCUT2D eigenvalue weighted by molar-refractivity contribution is 5.91. The van der Waals surface area contributed by atoms with E-state index < -0.39 is 24.4 Å². The molecule has 1 atom stereocenters. The number of nitrogens with one attached hydrogen (secondary N) is 3. The Bertz CT molecular complexity index is 1730. The second-order valence-electron chi connectivity index (χ2n) is 12.5. The number of fused-ring (bicyclic) bond motifs is 1. The molecule has 0 saturated carbocycles. The van der Waals surface area contributed by atoms with Crippen molar-refractivity contribution in [2.45, 2.75) is 63.5 Å². The number of aromatic nitrogens is 1. The summed E-state index contributed by atoms with van der Waals surface area (Å²) < 4.78 is 47.2. The molecule has 16 heteroatoms. The van der Waals surface area contributed by atoms with E-state index in [0.29, 0.717) is 68.0 Å². The standard InChI is InChI=1S/C35H44F3N5O8/c1-42(32(48)14-18-43-16-12-24(13-17-43)51-34(49)35(36,37)38)15-4-3-5-30(46)40-23-7-6-22(29(19-23)50-2)20-39-21-28(45)25-8-10-27(44)33-26(25)9-11-31(47)41-33/h6-11,19,24,28,39,44-45H,3-5,12-18,20-21H2,1-2H3,(H,40,46)(H,41,47)/t28-/m0/s1. The molecule has 1 fully saturated rings. The van der Waals surface area contributed by atoms with Crippen molar-refractivity contribution in [1.29, 1.82) is 0 Å². The van der Waals surface area contributed by atoms with Crippen molar-refractivity contribution in [2.24, 2.45) is 0 Å². The van der Waals surface area contributed by atoms with Crippen LogP contribution in [0.15, 0.2) is 47.3 Å². The van der Waals surface area contributed by atoms with Crippen LogP contribution in [0.3, 0.4) is 0 Å². The number of amides is 2. The number of aromatic amines is 1. The number of phenolic OH excluding ortho intramolecular Hbond substituents is 1. The van der Waals surface area contributed by atoms with E-state index >= 15 is 0 Å². The number of alkyl halides is 3. The Balaban J connectivity index is 1.13. The number of benzene rings is 2. The van der Waals surface area contributed by atoms with Gasteiger partial charge >= 0.3 is 12.1 Å². The Morgan fingerprint density at radius 1 is 1.08 bits per heavy atom. The fourth-order valence-electron chi connectivity index (χ4n) is 5.87. The number of halogens is 3. The summed E-state index contributed by atoms with van der Waals surface area (Å²) >= 11 is 0. The Labute approximate surface area is 292 Å². The van der Waals surface area contributed by atoms with Crippen molar-refractivity contribution in [3.05, 3.63) is 63.9 Å². The fraction of sp³-hybridized carbons (Fsp3) is 0.486. The topological polar surface area (TPSA) is 174 Å². The zero-order valence-corrected chi connectivity index (χ0v) is 28.6. The number of rotatable bonds is 16. The van der Waals surface area contributed by atoms with Gasteiger partial charge in [-0.25, -0.2) is 4.79 Å². The lowest BCUT2D eigenvalue weighted by molar-refractivity contribution is -0.206. The maximum atomic E-state index is 12.6. The molecule has 1 saturated heterocycles. The van der Waals surface area contributed by atoms with E-state index in [9.17, 15) is 42.6 Å². The van der Waals surface area contributed by atoms with E-state index in [2.05, 4.69) is 20.4 Å².